The molecule has 1 heterocycles. The van der Waals surface area contributed by atoms with Crippen molar-refractivity contribution in [2.75, 3.05) is 11.1 Å². The standard InChI is InChI=1S/C13H11Cl2N3OS/c14-10-3-2-9(8-11(10)15)18-12(19)4-7-20-13-16-5-1-6-17-13/h1-3,5-6,8H,4,7H2,(H,18,19). The van der Waals surface area contributed by atoms with Gasteiger partial charge in [0.1, 0.15) is 0 Å². The number of aromatic nitrogens is 2. The SMILES string of the molecule is O=C(CCSc1ncccn1)Nc1ccc(Cl)c(Cl)c1. The fourth-order valence-corrected chi connectivity index (χ4v) is 2.43. The number of carbonyl (C=O) groups is 1. The maximum absolute atomic E-state index is 11.8. The van der Waals surface area contributed by atoms with E-state index in [9.17, 15) is 4.79 Å². The van der Waals surface area contributed by atoms with E-state index in [2.05, 4.69) is 15.3 Å². The molecule has 7 heteroatoms. The molecule has 1 amide bonds. The maximum Gasteiger partial charge on any atom is 0.225 e. The van der Waals surface area contributed by atoms with Crippen LogP contribution in [0, 0.1) is 0 Å². The summed E-state index contributed by atoms with van der Waals surface area (Å²) in [6.45, 7) is 0. The van der Waals surface area contributed by atoms with Crippen molar-refractivity contribution >= 4 is 46.6 Å². The van der Waals surface area contributed by atoms with Gasteiger partial charge >= 0.3 is 0 Å². The van der Waals surface area contributed by atoms with Gasteiger partial charge in [0.25, 0.3) is 0 Å². The molecule has 0 saturated heterocycles. The Labute approximate surface area is 130 Å². The van der Waals surface area contributed by atoms with E-state index in [-0.39, 0.29) is 5.91 Å². The Balaban J connectivity index is 1.79. The molecule has 0 saturated carbocycles. The summed E-state index contributed by atoms with van der Waals surface area (Å²) < 4.78 is 0. The molecular weight excluding hydrogens is 317 g/mol. The van der Waals surface area contributed by atoms with Crippen molar-refractivity contribution in [1.82, 2.24) is 9.97 Å². The number of benzene rings is 1. The zero-order chi connectivity index (χ0) is 14.4. The number of hydrogen-bond acceptors (Lipinski definition) is 4. The van der Waals surface area contributed by atoms with Gasteiger partial charge in [-0.25, -0.2) is 9.97 Å². The van der Waals surface area contributed by atoms with Gasteiger partial charge in [-0.05, 0) is 24.3 Å². The van der Waals surface area contributed by atoms with Crippen LogP contribution in [0.3, 0.4) is 0 Å². The molecule has 1 aromatic carbocycles. The number of hydrogen-bond donors (Lipinski definition) is 1. The fraction of sp³-hybridized carbons (Fsp3) is 0.154. The molecule has 4 nitrogen and oxygen atoms in total. The minimum absolute atomic E-state index is 0.0909. The third kappa shape index (κ3) is 4.67. The van der Waals surface area contributed by atoms with Crippen LogP contribution in [0.25, 0.3) is 0 Å². The first-order chi connectivity index (χ1) is 9.65. The number of nitrogens with one attached hydrogen (secondary N) is 1. The van der Waals surface area contributed by atoms with Gasteiger partial charge in [-0.15, -0.1) is 0 Å². The van der Waals surface area contributed by atoms with Gasteiger partial charge in [0, 0.05) is 30.3 Å². The second-order valence-corrected chi connectivity index (χ2v) is 5.68. The van der Waals surface area contributed by atoms with Crippen LogP contribution in [0.5, 0.6) is 0 Å². The van der Waals surface area contributed by atoms with E-state index >= 15 is 0 Å². The Morgan fingerprint density at radius 3 is 2.65 bits per heavy atom. The highest BCUT2D eigenvalue weighted by Crippen LogP contribution is 2.25. The third-order valence-corrected chi connectivity index (χ3v) is 3.92. The van der Waals surface area contributed by atoms with Gasteiger partial charge in [0.15, 0.2) is 5.16 Å². The zero-order valence-electron chi connectivity index (χ0n) is 10.3. The van der Waals surface area contributed by atoms with Crippen LogP contribution in [0.4, 0.5) is 5.69 Å². The van der Waals surface area contributed by atoms with Crippen LogP contribution < -0.4 is 5.32 Å². The van der Waals surface area contributed by atoms with Crippen LogP contribution in [-0.4, -0.2) is 21.6 Å². The Hall–Kier alpha value is -1.30. The van der Waals surface area contributed by atoms with E-state index in [1.807, 2.05) is 0 Å². The number of anilines is 1. The largest absolute Gasteiger partial charge is 0.326 e. The van der Waals surface area contributed by atoms with Gasteiger partial charge in [-0.1, -0.05) is 35.0 Å². The second-order valence-electron chi connectivity index (χ2n) is 3.81. The first-order valence-electron chi connectivity index (χ1n) is 5.80. The summed E-state index contributed by atoms with van der Waals surface area (Å²) in [5, 5.41) is 4.30. The zero-order valence-corrected chi connectivity index (χ0v) is 12.7. The van der Waals surface area contributed by atoms with Crippen molar-refractivity contribution in [3.8, 4) is 0 Å². The molecule has 0 aliphatic carbocycles. The van der Waals surface area contributed by atoms with Gasteiger partial charge < -0.3 is 5.32 Å². The lowest BCUT2D eigenvalue weighted by molar-refractivity contribution is -0.115. The summed E-state index contributed by atoms with van der Waals surface area (Å²) in [7, 11) is 0. The molecule has 2 aromatic rings. The molecule has 0 unspecified atom stereocenters. The Morgan fingerprint density at radius 2 is 1.95 bits per heavy atom. The highest BCUT2D eigenvalue weighted by Gasteiger charge is 2.05. The molecule has 1 N–H and O–H groups in total. The number of rotatable bonds is 5. The molecule has 0 aliphatic heterocycles. The van der Waals surface area contributed by atoms with Gasteiger partial charge in [0.2, 0.25) is 5.91 Å². The summed E-state index contributed by atoms with van der Waals surface area (Å²) in [5.41, 5.74) is 0.630. The highest BCUT2D eigenvalue weighted by atomic mass is 35.5. The smallest absolute Gasteiger partial charge is 0.225 e. The summed E-state index contributed by atoms with van der Waals surface area (Å²) in [6.07, 6.45) is 3.71. The molecule has 0 atom stereocenters. The predicted molar refractivity (Wildman–Crippen MR) is 82.5 cm³/mol. The number of nitrogens with zero attached hydrogens (tertiary/aromatic N) is 2. The molecule has 0 aliphatic rings. The van der Waals surface area contributed by atoms with Crippen LogP contribution in [0.15, 0.2) is 41.8 Å². The second kappa shape index (κ2) is 7.47. The summed E-state index contributed by atoms with van der Waals surface area (Å²) in [6, 6.07) is 6.72. The summed E-state index contributed by atoms with van der Waals surface area (Å²) in [5.74, 6) is 0.517. The van der Waals surface area contributed by atoms with E-state index in [0.717, 1.165) is 0 Å². The lowest BCUT2D eigenvalue weighted by atomic mass is 10.3. The molecular formula is C13H11Cl2N3OS. The molecule has 0 spiro atoms. The molecule has 1 aromatic heterocycles. The van der Waals surface area contributed by atoms with E-state index in [1.54, 1.807) is 36.7 Å². The monoisotopic (exact) mass is 327 g/mol. The molecule has 104 valence electrons. The van der Waals surface area contributed by atoms with Crippen LogP contribution in [0.2, 0.25) is 10.0 Å². The van der Waals surface area contributed by atoms with Gasteiger partial charge in [-0.2, -0.15) is 0 Å². The van der Waals surface area contributed by atoms with Gasteiger partial charge in [0.05, 0.1) is 10.0 Å². The quantitative estimate of drug-likeness (QED) is 0.668. The average Bonchev–Trinajstić information content (AvgIpc) is 2.44. The third-order valence-electron chi connectivity index (χ3n) is 2.31. The molecule has 0 fully saturated rings. The summed E-state index contributed by atoms with van der Waals surface area (Å²) in [4.78, 5) is 19.9. The topological polar surface area (TPSA) is 54.9 Å². The number of halogens is 2. The Bertz CT molecular complexity index is 595. The van der Waals surface area contributed by atoms with Gasteiger partial charge in [-0.3, -0.25) is 4.79 Å². The van der Waals surface area contributed by atoms with Crippen molar-refractivity contribution < 1.29 is 4.79 Å². The lowest BCUT2D eigenvalue weighted by Gasteiger charge is -2.06. The van der Waals surface area contributed by atoms with E-state index < -0.39 is 0 Å². The first-order valence-corrected chi connectivity index (χ1v) is 7.54. The molecule has 0 radical (unpaired) electrons. The highest BCUT2D eigenvalue weighted by molar-refractivity contribution is 7.99. The van der Waals surface area contributed by atoms with Crippen molar-refractivity contribution in [2.24, 2.45) is 0 Å². The molecule has 20 heavy (non-hydrogen) atoms. The lowest BCUT2D eigenvalue weighted by Crippen LogP contribution is -2.12. The fourth-order valence-electron chi connectivity index (χ4n) is 1.39. The van der Waals surface area contributed by atoms with E-state index in [1.165, 1.54) is 11.8 Å². The normalized spacial score (nSPS) is 10.3. The summed E-state index contributed by atoms with van der Waals surface area (Å²) >= 11 is 13.1. The van der Waals surface area contributed by atoms with Crippen LogP contribution in [-0.2, 0) is 4.79 Å². The van der Waals surface area contributed by atoms with Crippen molar-refractivity contribution in [3.63, 3.8) is 0 Å². The van der Waals surface area contributed by atoms with Crippen LogP contribution in [0.1, 0.15) is 6.42 Å². The molecule has 0 bridgehead atoms. The minimum atomic E-state index is -0.0909. The van der Waals surface area contributed by atoms with E-state index in [0.29, 0.717) is 33.1 Å². The molecule has 2 rings (SSSR count). The Morgan fingerprint density at radius 1 is 1.20 bits per heavy atom. The minimum Gasteiger partial charge on any atom is -0.326 e. The number of carbonyl (C=O) groups excluding carboxylic acids is 1. The average molecular weight is 328 g/mol. The van der Waals surface area contributed by atoms with Crippen molar-refractivity contribution in [2.45, 2.75) is 11.6 Å². The van der Waals surface area contributed by atoms with Crippen molar-refractivity contribution in [1.29, 1.82) is 0 Å². The Kier molecular flexibility index (Phi) is 5.64. The van der Waals surface area contributed by atoms with Crippen molar-refractivity contribution in [3.05, 3.63) is 46.7 Å². The van der Waals surface area contributed by atoms with E-state index in [4.69, 9.17) is 23.2 Å². The van der Waals surface area contributed by atoms with Crippen LogP contribution >= 0.6 is 35.0 Å². The maximum atomic E-state index is 11.8. The predicted octanol–water partition coefficient (Wildman–Crippen LogP) is 3.90. The number of amides is 1. The number of thioether (sulfide) groups is 1. The first kappa shape index (κ1) is 15.1.